The third-order valence-corrected chi connectivity index (χ3v) is 3.00. The smallest absolute Gasteiger partial charge is 0.333 e. The van der Waals surface area contributed by atoms with Gasteiger partial charge in [0.15, 0.2) is 0 Å². The molecule has 0 aliphatic carbocycles. The molecule has 0 rings (SSSR count). The predicted molar refractivity (Wildman–Crippen MR) is 67.7 cm³/mol. The van der Waals surface area contributed by atoms with Crippen molar-refractivity contribution in [1.82, 2.24) is 5.32 Å². The maximum absolute atomic E-state index is 11.0. The Bertz CT molecular complexity index is 219. The van der Waals surface area contributed by atoms with Crippen molar-refractivity contribution >= 4 is 17.7 Å². The lowest BCUT2D eigenvalue weighted by atomic mass is 10.3. The van der Waals surface area contributed by atoms with Gasteiger partial charge >= 0.3 is 5.97 Å². The highest BCUT2D eigenvalue weighted by molar-refractivity contribution is 7.99. The number of methoxy groups -OCH3 is 1. The Kier molecular flexibility index (Phi) is 10.6. The Morgan fingerprint density at radius 2 is 2.25 bits per heavy atom. The van der Waals surface area contributed by atoms with E-state index >= 15 is 0 Å². The third kappa shape index (κ3) is 8.76. The van der Waals surface area contributed by atoms with Gasteiger partial charge in [0.05, 0.1) is 7.11 Å². The molecule has 0 spiro atoms. The lowest BCUT2D eigenvalue weighted by Gasteiger charge is -2.02. The molecule has 0 atom stereocenters. The number of aliphatic hydroxyl groups is 1. The first-order chi connectivity index (χ1) is 7.72. The SMILES string of the molecule is COC(=O)C(C)=CCNCCSCCCO. The van der Waals surface area contributed by atoms with Crippen LogP contribution < -0.4 is 5.32 Å². The second-order valence-corrected chi connectivity index (χ2v) is 4.50. The molecule has 0 heterocycles. The number of carbonyl (C=O) groups is 1. The molecule has 0 saturated carbocycles. The van der Waals surface area contributed by atoms with Crippen molar-refractivity contribution in [1.29, 1.82) is 0 Å². The van der Waals surface area contributed by atoms with Gasteiger partial charge in [-0.25, -0.2) is 4.79 Å². The van der Waals surface area contributed by atoms with E-state index in [0.29, 0.717) is 12.1 Å². The Hall–Kier alpha value is -0.520. The number of aliphatic hydroxyl groups excluding tert-OH is 1. The zero-order chi connectivity index (χ0) is 12.2. The number of esters is 1. The van der Waals surface area contributed by atoms with Gasteiger partial charge in [0.25, 0.3) is 0 Å². The number of hydrogen-bond donors (Lipinski definition) is 2. The first-order valence-electron chi connectivity index (χ1n) is 5.36. The van der Waals surface area contributed by atoms with Crippen LogP contribution in [0.5, 0.6) is 0 Å². The van der Waals surface area contributed by atoms with Crippen molar-refractivity contribution in [2.24, 2.45) is 0 Å². The van der Waals surface area contributed by atoms with Gasteiger partial charge in [-0.15, -0.1) is 0 Å². The third-order valence-electron chi connectivity index (χ3n) is 1.93. The van der Waals surface area contributed by atoms with Gasteiger partial charge in [0.2, 0.25) is 0 Å². The molecule has 0 aromatic heterocycles. The normalized spacial score (nSPS) is 11.6. The lowest BCUT2D eigenvalue weighted by molar-refractivity contribution is -0.136. The maximum Gasteiger partial charge on any atom is 0.333 e. The van der Waals surface area contributed by atoms with E-state index in [1.165, 1.54) is 7.11 Å². The Labute approximate surface area is 101 Å². The average molecular weight is 247 g/mol. The standard InChI is InChI=1S/C11H21NO3S/c1-10(11(14)15-2)4-5-12-6-9-16-8-3-7-13/h4,12-13H,3,5-9H2,1-2H3. The number of nitrogens with one attached hydrogen (secondary N) is 1. The summed E-state index contributed by atoms with van der Waals surface area (Å²) in [5.74, 6) is 1.74. The minimum atomic E-state index is -0.279. The minimum absolute atomic E-state index is 0.265. The summed E-state index contributed by atoms with van der Waals surface area (Å²) >= 11 is 1.81. The molecule has 0 aliphatic heterocycles. The summed E-state index contributed by atoms with van der Waals surface area (Å²) in [6, 6.07) is 0. The first kappa shape index (κ1) is 15.5. The second-order valence-electron chi connectivity index (χ2n) is 3.27. The van der Waals surface area contributed by atoms with E-state index in [4.69, 9.17) is 5.11 Å². The molecule has 5 heteroatoms. The molecule has 0 bridgehead atoms. The predicted octanol–water partition coefficient (Wildman–Crippen LogP) is 0.811. The highest BCUT2D eigenvalue weighted by atomic mass is 32.2. The zero-order valence-electron chi connectivity index (χ0n) is 9.99. The van der Waals surface area contributed by atoms with E-state index in [9.17, 15) is 4.79 Å². The molecule has 2 N–H and O–H groups in total. The van der Waals surface area contributed by atoms with E-state index in [-0.39, 0.29) is 12.6 Å². The van der Waals surface area contributed by atoms with Gasteiger partial charge < -0.3 is 15.2 Å². The van der Waals surface area contributed by atoms with Crippen molar-refractivity contribution in [3.63, 3.8) is 0 Å². The summed E-state index contributed by atoms with van der Waals surface area (Å²) < 4.78 is 4.57. The van der Waals surface area contributed by atoms with Crippen LogP contribution in [-0.4, -0.2) is 49.4 Å². The summed E-state index contributed by atoms with van der Waals surface area (Å²) in [4.78, 5) is 11.0. The van der Waals surface area contributed by atoms with Crippen molar-refractivity contribution in [3.8, 4) is 0 Å². The Morgan fingerprint density at radius 1 is 1.50 bits per heavy atom. The van der Waals surface area contributed by atoms with Crippen LogP contribution in [0.4, 0.5) is 0 Å². The number of hydrogen-bond acceptors (Lipinski definition) is 5. The molecule has 0 radical (unpaired) electrons. The van der Waals surface area contributed by atoms with Crippen LogP contribution in [0.2, 0.25) is 0 Å². The van der Waals surface area contributed by atoms with Crippen LogP contribution in [-0.2, 0) is 9.53 Å². The summed E-state index contributed by atoms with van der Waals surface area (Å²) in [5, 5.41) is 11.8. The summed E-state index contributed by atoms with van der Waals surface area (Å²) in [5.41, 5.74) is 0.628. The van der Waals surface area contributed by atoms with E-state index < -0.39 is 0 Å². The number of thioether (sulfide) groups is 1. The van der Waals surface area contributed by atoms with Gasteiger partial charge in [-0.2, -0.15) is 11.8 Å². The molecule has 0 aliphatic rings. The van der Waals surface area contributed by atoms with Crippen LogP contribution in [0.1, 0.15) is 13.3 Å². The average Bonchev–Trinajstić information content (AvgIpc) is 2.31. The summed E-state index contributed by atoms with van der Waals surface area (Å²) in [6.45, 7) is 3.59. The van der Waals surface area contributed by atoms with Crippen LogP contribution in [0, 0.1) is 0 Å². The molecule has 0 fully saturated rings. The number of ether oxygens (including phenoxy) is 1. The van der Waals surface area contributed by atoms with Crippen molar-refractivity contribution in [2.75, 3.05) is 38.3 Å². The van der Waals surface area contributed by atoms with E-state index in [2.05, 4.69) is 10.1 Å². The summed E-state index contributed by atoms with van der Waals surface area (Å²) in [7, 11) is 1.38. The van der Waals surface area contributed by atoms with Crippen molar-refractivity contribution in [2.45, 2.75) is 13.3 Å². The molecule has 0 aromatic rings. The van der Waals surface area contributed by atoms with Gasteiger partial charge in [0.1, 0.15) is 0 Å². The van der Waals surface area contributed by atoms with Crippen LogP contribution in [0.3, 0.4) is 0 Å². The quantitative estimate of drug-likeness (QED) is 0.359. The van der Waals surface area contributed by atoms with Crippen LogP contribution in [0.25, 0.3) is 0 Å². The monoisotopic (exact) mass is 247 g/mol. The number of carbonyl (C=O) groups excluding carboxylic acids is 1. The van der Waals surface area contributed by atoms with Crippen LogP contribution >= 0.6 is 11.8 Å². The molecule has 0 saturated heterocycles. The van der Waals surface area contributed by atoms with Gasteiger partial charge in [-0.05, 0) is 19.1 Å². The number of rotatable bonds is 9. The van der Waals surface area contributed by atoms with Crippen molar-refractivity contribution < 1.29 is 14.6 Å². The molecule has 94 valence electrons. The molecule has 4 nitrogen and oxygen atoms in total. The highest BCUT2D eigenvalue weighted by Gasteiger charge is 2.00. The Morgan fingerprint density at radius 3 is 2.88 bits per heavy atom. The van der Waals surface area contributed by atoms with Gasteiger partial charge in [-0.3, -0.25) is 0 Å². The molecular weight excluding hydrogens is 226 g/mol. The zero-order valence-corrected chi connectivity index (χ0v) is 10.8. The second kappa shape index (κ2) is 11.0. The molecule has 0 amide bonds. The fraction of sp³-hybridized carbons (Fsp3) is 0.727. The largest absolute Gasteiger partial charge is 0.466 e. The first-order valence-corrected chi connectivity index (χ1v) is 6.52. The highest BCUT2D eigenvalue weighted by Crippen LogP contribution is 2.00. The topological polar surface area (TPSA) is 58.6 Å². The van der Waals surface area contributed by atoms with Gasteiger partial charge in [0, 0.05) is 31.0 Å². The van der Waals surface area contributed by atoms with Crippen molar-refractivity contribution in [3.05, 3.63) is 11.6 Å². The molecule has 16 heavy (non-hydrogen) atoms. The van der Waals surface area contributed by atoms with Gasteiger partial charge in [-0.1, -0.05) is 6.08 Å². The molecule has 0 unspecified atom stereocenters. The van der Waals surface area contributed by atoms with E-state index in [0.717, 1.165) is 24.5 Å². The summed E-state index contributed by atoms with van der Waals surface area (Å²) in [6.07, 6.45) is 2.68. The van der Waals surface area contributed by atoms with E-state index in [1.54, 1.807) is 6.92 Å². The van der Waals surface area contributed by atoms with Crippen LogP contribution in [0.15, 0.2) is 11.6 Å². The Balaban J connectivity index is 3.35. The fourth-order valence-electron chi connectivity index (χ4n) is 0.985. The minimum Gasteiger partial charge on any atom is -0.466 e. The fourth-order valence-corrected chi connectivity index (χ4v) is 1.81. The van der Waals surface area contributed by atoms with E-state index in [1.807, 2.05) is 17.8 Å². The molecular formula is C11H21NO3S. The lowest BCUT2D eigenvalue weighted by Crippen LogP contribution is -2.18. The molecule has 0 aromatic carbocycles. The maximum atomic E-state index is 11.0.